The maximum absolute atomic E-state index is 12.1. The van der Waals surface area contributed by atoms with E-state index in [-0.39, 0.29) is 24.6 Å². The SMILES string of the molecule is C[C@@H]1CCCC[C@H]1OCCNC(=O)CCn1nc2ccccn2c1=O. The number of hydrogen-bond acceptors (Lipinski definition) is 4. The van der Waals surface area contributed by atoms with Gasteiger partial charge in [-0.05, 0) is 30.9 Å². The smallest absolute Gasteiger partial charge is 0.350 e. The molecule has 2 aromatic rings. The molecule has 0 unspecified atom stereocenters. The zero-order chi connectivity index (χ0) is 17.6. The van der Waals surface area contributed by atoms with Crippen LogP contribution in [0.4, 0.5) is 0 Å². The lowest BCUT2D eigenvalue weighted by atomic mass is 9.88. The molecular weight excluding hydrogens is 320 g/mol. The molecule has 1 amide bonds. The number of amides is 1. The Morgan fingerprint density at radius 2 is 2.20 bits per heavy atom. The molecule has 0 bridgehead atoms. The molecule has 1 fully saturated rings. The van der Waals surface area contributed by atoms with Crippen LogP contribution in [0.25, 0.3) is 5.65 Å². The Kier molecular flexibility index (Phi) is 5.86. The first-order valence-corrected chi connectivity index (χ1v) is 9.07. The first-order valence-electron chi connectivity index (χ1n) is 9.07. The molecule has 2 aromatic heterocycles. The Morgan fingerprint density at radius 3 is 3.00 bits per heavy atom. The Labute approximate surface area is 147 Å². The van der Waals surface area contributed by atoms with Gasteiger partial charge in [-0.2, -0.15) is 0 Å². The van der Waals surface area contributed by atoms with Crippen LogP contribution in [0, 0.1) is 5.92 Å². The van der Waals surface area contributed by atoms with Crippen LogP contribution in [-0.4, -0.2) is 39.3 Å². The summed E-state index contributed by atoms with van der Waals surface area (Å²) < 4.78 is 8.68. The van der Waals surface area contributed by atoms with Gasteiger partial charge in [0.1, 0.15) is 0 Å². The summed E-state index contributed by atoms with van der Waals surface area (Å²) in [4.78, 5) is 24.1. The Bertz CT molecular complexity index is 767. The van der Waals surface area contributed by atoms with E-state index in [1.807, 2.05) is 6.07 Å². The zero-order valence-corrected chi connectivity index (χ0v) is 14.7. The number of carbonyl (C=O) groups excluding carboxylic acids is 1. The summed E-state index contributed by atoms with van der Waals surface area (Å²) in [5.74, 6) is 0.510. The molecule has 0 aromatic carbocycles. The summed E-state index contributed by atoms with van der Waals surface area (Å²) in [6.07, 6.45) is 7.09. The van der Waals surface area contributed by atoms with Gasteiger partial charge in [0.05, 0.1) is 19.3 Å². The number of nitrogens with zero attached hydrogens (tertiary/aromatic N) is 3. The van der Waals surface area contributed by atoms with Gasteiger partial charge in [-0.1, -0.05) is 25.8 Å². The third-order valence-electron chi connectivity index (χ3n) is 4.83. The van der Waals surface area contributed by atoms with Crippen LogP contribution in [0.3, 0.4) is 0 Å². The highest BCUT2D eigenvalue weighted by Crippen LogP contribution is 2.25. The fourth-order valence-electron chi connectivity index (χ4n) is 3.34. The van der Waals surface area contributed by atoms with Crippen molar-refractivity contribution in [2.24, 2.45) is 5.92 Å². The lowest BCUT2D eigenvalue weighted by Crippen LogP contribution is -2.32. The number of nitrogens with one attached hydrogen (secondary N) is 1. The Balaban J connectivity index is 1.39. The molecule has 0 saturated heterocycles. The van der Waals surface area contributed by atoms with Crippen molar-refractivity contribution >= 4 is 11.6 Å². The van der Waals surface area contributed by atoms with E-state index in [9.17, 15) is 9.59 Å². The van der Waals surface area contributed by atoms with E-state index >= 15 is 0 Å². The average molecular weight is 346 g/mol. The van der Waals surface area contributed by atoms with Crippen molar-refractivity contribution in [1.29, 1.82) is 0 Å². The van der Waals surface area contributed by atoms with E-state index in [1.54, 1.807) is 18.3 Å². The highest BCUT2D eigenvalue weighted by Gasteiger charge is 2.21. The van der Waals surface area contributed by atoms with Crippen molar-refractivity contribution in [3.63, 3.8) is 0 Å². The predicted octanol–water partition coefficient (Wildman–Crippen LogP) is 1.60. The van der Waals surface area contributed by atoms with Crippen molar-refractivity contribution < 1.29 is 9.53 Å². The topological polar surface area (TPSA) is 77.6 Å². The minimum Gasteiger partial charge on any atom is -0.376 e. The summed E-state index contributed by atoms with van der Waals surface area (Å²) in [6.45, 7) is 3.54. The van der Waals surface area contributed by atoms with Crippen LogP contribution in [0.15, 0.2) is 29.2 Å². The summed E-state index contributed by atoms with van der Waals surface area (Å²) in [7, 11) is 0. The van der Waals surface area contributed by atoms with Gasteiger partial charge in [-0.15, -0.1) is 5.10 Å². The van der Waals surface area contributed by atoms with Gasteiger partial charge in [0.15, 0.2) is 5.65 Å². The molecule has 1 aliphatic rings. The fourth-order valence-corrected chi connectivity index (χ4v) is 3.34. The lowest BCUT2D eigenvalue weighted by Gasteiger charge is -2.28. The molecule has 3 rings (SSSR count). The van der Waals surface area contributed by atoms with Crippen LogP contribution in [0.2, 0.25) is 0 Å². The second kappa shape index (κ2) is 8.29. The van der Waals surface area contributed by atoms with E-state index in [0.29, 0.717) is 30.8 Å². The average Bonchev–Trinajstić information content (AvgIpc) is 2.95. The van der Waals surface area contributed by atoms with Crippen LogP contribution in [0.1, 0.15) is 39.0 Å². The standard InChI is InChI=1S/C18H26N4O3/c1-14-6-2-3-7-15(14)25-13-10-19-17(23)9-12-22-18(24)21-11-5-4-8-16(21)20-22/h4-5,8,11,14-15H,2-3,6-7,9-10,12-13H2,1H3,(H,19,23)/t14-,15-/m1/s1. The van der Waals surface area contributed by atoms with Crippen molar-refractivity contribution in [1.82, 2.24) is 19.5 Å². The number of aromatic nitrogens is 3. The van der Waals surface area contributed by atoms with E-state index < -0.39 is 0 Å². The molecule has 7 nitrogen and oxygen atoms in total. The van der Waals surface area contributed by atoms with Gasteiger partial charge >= 0.3 is 5.69 Å². The maximum atomic E-state index is 12.1. The van der Waals surface area contributed by atoms with Crippen LogP contribution >= 0.6 is 0 Å². The van der Waals surface area contributed by atoms with Crippen LogP contribution < -0.4 is 11.0 Å². The molecular formula is C18H26N4O3. The van der Waals surface area contributed by atoms with E-state index in [1.165, 1.54) is 28.3 Å². The van der Waals surface area contributed by atoms with Crippen molar-refractivity contribution in [3.05, 3.63) is 34.9 Å². The predicted molar refractivity (Wildman–Crippen MR) is 94.5 cm³/mol. The minimum atomic E-state index is -0.224. The number of ether oxygens (including phenoxy) is 1. The zero-order valence-electron chi connectivity index (χ0n) is 14.7. The molecule has 0 aliphatic heterocycles. The number of carbonyl (C=O) groups is 1. The highest BCUT2D eigenvalue weighted by molar-refractivity contribution is 5.75. The Hall–Kier alpha value is -2.15. The van der Waals surface area contributed by atoms with Gasteiger partial charge in [-0.3, -0.25) is 9.20 Å². The molecule has 25 heavy (non-hydrogen) atoms. The number of aryl methyl sites for hydroxylation is 1. The number of fused-ring (bicyclic) bond motifs is 1. The number of rotatable bonds is 7. The molecule has 1 saturated carbocycles. The molecule has 1 N–H and O–H groups in total. The summed E-state index contributed by atoms with van der Waals surface area (Å²) in [5.41, 5.74) is 0.362. The van der Waals surface area contributed by atoms with Crippen LogP contribution in [-0.2, 0) is 16.1 Å². The second-order valence-corrected chi connectivity index (χ2v) is 6.71. The van der Waals surface area contributed by atoms with E-state index in [2.05, 4.69) is 17.3 Å². The third-order valence-corrected chi connectivity index (χ3v) is 4.83. The third kappa shape index (κ3) is 4.48. The number of hydrogen-bond donors (Lipinski definition) is 1. The van der Waals surface area contributed by atoms with Gasteiger partial charge in [0, 0.05) is 19.2 Å². The largest absolute Gasteiger partial charge is 0.376 e. The van der Waals surface area contributed by atoms with Gasteiger partial charge < -0.3 is 10.1 Å². The van der Waals surface area contributed by atoms with E-state index in [4.69, 9.17) is 4.74 Å². The quantitative estimate of drug-likeness (QED) is 0.773. The molecule has 2 heterocycles. The van der Waals surface area contributed by atoms with Gasteiger partial charge in [0.2, 0.25) is 5.91 Å². The molecule has 0 spiro atoms. The normalized spacial score (nSPS) is 20.7. The van der Waals surface area contributed by atoms with Crippen molar-refractivity contribution in [2.45, 2.75) is 51.7 Å². The first-order chi connectivity index (χ1) is 12.1. The summed E-state index contributed by atoms with van der Waals surface area (Å²) in [6, 6.07) is 5.37. The second-order valence-electron chi connectivity index (χ2n) is 6.71. The maximum Gasteiger partial charge on any atom is 0.350 e. The van der Waals surface area contributed by atoms with Crippen LogP contribution in [0.5, 0.6) is 0 Å². The fraction of sp³-hybridized carbons (Fsp3) is 0.611. The molecule has 0 radical (unpaired) electrons. The lowest BCUT2D eigenvalue weighted by molar-refractivity contribution is -0.121. The minimum absolute atomic E-state index is 0.0933. The van der Waals surface area contributed by atoms with Crippen molar-refractivity contribution in [2.75, 3.05) is 13.2 Å². The number of pyridine rings is 1. The van der Waals surface area contributed by atoms with Gasteiger partial charge in [0.25, 0.3) is 0 Å². The van der Waals surface area contributed by atoms with Gasteiger partial charge in [-0.25, -0.2) is 9.48 Å². The molecule has 136 valence electrons. The first kappa shape index (κ1) is 17.7. The van der Waals surface area contributed by atoms with E-state index in [0.717, 1.165) is 6.42 Å². The summed E-state index contributed by atoms with van der Waals surface area (Å²) in [5, 5.41) is 7.06. The summed E-state index contributed by atoms with van der Waals surface area (Å²) >= 11 is 0. The van der Waals surface area contributed by atoms with Crippen molar-refractivity contribution in [3.8, 4) is 0 Å². The monoisotopic (exact) mass is 346 g/mol. The molecule has 1 aliphatic carbocycles. The highest BCUT2D eigenvalue weighted by atomic mass is 16.5. The Morgan fingerprint density at radius 1 is 1.36 bits per heavy atom. The molecule has 2 atom stereocenters. The molecule has 7 heteroatoms.